The van der Waals surface area contributed by atoms with E-state index >= 15 is 0 Å². The Kier molecular flexibility index (Phi) is 6.52. The summed E-state index contributed by atoms with van der Waals surface area (Å²) in [5.41, 5.74) is 8.49. The third-order valence-electron chi connectivity index (χ3n) is 4.37. The Morgan fingerprint density at radius 2 is 1.88 bits per heavy atom. The first-order valence-corrected chi connectivity index (χ1v) is 9.94. The molecule has 0 aliphatic carbocycles. The Labute approximate surface area is 188 Å². The van der Waals surface area contributed by atoms with Gasteiger partial charge in [0.2, 0.25) is 5.95 Å². The summed E-state index contributed by atoms with van der Waals surface area (Å²) in [6.45, 7) is 0.208. The third kappa shape index (κ3) is 5.55. The summed E-state index contributed by atoms with van der Waals surface area (Å²) in [5.74, 6) is 0.993. The van der Waals surface area contributed by atoms with Gasteiger partial charge < -0.3 is 15.8 Å². The lowest BCUT2D eigenvalue weighted by Gasteiger charge is -2.12. The Balaban J connectivity index is 1.46. The topological polar surface area (TPSA) is 98.8 Å². The maximum absolute atomic E-state index is 13.3. The van der Waals surface area contributed by atoms with Crippen LogP contribution in [0.2, 0.25) is 5.02 Å². The van der Waals surface area contributed by atoms with Crippen LogP contribution in [0.5, 0.6) is 5.75 Å². The number of nitrogens with zero attached hydrogens (tertiary/aromatic N) is 4. The number of ether oxygens (including phenoxy) is 1. The van der Waals surface area contributed by atoms with Crippen LogP contribution in [0.1, 0.15) is 16.7 Å². The zero-order chi connectivity index (χ0) is 22.3. The molecule has 0 aliphatic heterocycles. The van der Waals surface area contributed by atoms with Crippen LogP contribution in [0.4, 0.5) is 21.8 Å². The molecule has 2 aromatic carbocycles. The minimum Gasteiger partial charge on any atom is -0.487 e. The second-order valence-corrected chi connectivity index (χ2v) is 7.13. The molecule has 160 valence electrons. The van der Waals surface area contributed by atoms with Gasteiger partial charge in [-0.25, -0.2) is 24.3 Å². The van der Waals surface area contributed by atoms with Crippen LogP contribution in [0.25, 0.3) is 12.2 Å². The normalized spacial score (nSPS) is 10.9. The van der Waals surface area contributed by atoms with E-state index in [-0.39, 0.29) is 18.4 Å². The molecule has 0 saturated carbocycles. The highest BCUT2D eigenvalue weighted by atomic mass is 35.5. The molecule has 0 bridgehead atoms. The molecule has 0 fully saturated rings. The van der Waals surface area contributed by atoms with Crippen molar-refractivity contribution in [1.29, 1.82) is 0 Å². The van der Waals surface area contributed by atoms with Crippen LogP contribution in [0.3, 0.4) is 0 Å². The Morgan fingerprint density at radius 1 is 1.03 bits per heavy atom. The molecule has 2 aromatic heterocycles. The lowest BCUT2D eigenvalue weighted by molar-refractivity contribution is 0.306. The van der Waals surface area contributed by atoms with E-state index in [0.29, 0.717) is 22.2 Å². The molecule has 4 aromatic rings. The minimum atomic E-state index is -0.310. The summed E-state index contributed by atoms with van der Waals surface area (Å²) >= 11 is 6.38. The van der Waals surface area contributed by atoms with Crippen LogP contribution >= 0.6 is 11.6 Å². The molecule has 0 aliphatic rings. The Bertz CT molecular complexity index is 1250. The average molecular weight is 449 g/mol. The van der Waals surface area contributed by atoms with Gasteiger partial charge >= 0.3 is 0 Å². The molecule has 0 spiro atoms. The van der Waals surface area contributed by atoms with Crippen LogP contribution in [-0.2, 0) is 6.61 Å². The first-order valence-electron chi connectivity index (χ1n) is 9.56. The second kappa shape index (κ2) is 9.84. The first kappa shape index (κ1) is 21.2. The van der Waals surface area contributed by atoms with Gasteiger partial charge in [0.25, 0.3) is 0 Å². The van der Waals surface area contributed by atoms with E-state index in [0.717, 1.165) is 16.8 Å². The predicted octanol–water partition coefficient (Wildman–Crippen LogP) is 5.13. The van der Waals surface area contributed by atoms with Crippen molar-refractivity contribution in [2.24, 2.45) is 0 Å². The molecule has 7 nitrogen and oxygen atoms in total. The molecule has 4 rings (SSSR count). The molecule has 0 saturated heterocycles. The van der Waals surface area contributed by atoms with E-state index in [1.165, 1.54) is 18.5 Å². The van der Waals surface area contributed by atoms with E-state index in [1.807, 2.05) is 18.2 Å². The summed E-state index contributed by atoms with van der Waals surface area (Å²) in [6.07, 6.45) is 10.1. The second-order valence-electron chi connectivity index (χ2n) is 6.72. The third-order valence-corrected chi connectivity index (χ3v) is 4.66. The lowest BCUT2D eigenvalue weighted by atomic mass is 10.2. The van der Waals surface area contributed by atoms with Gasteiger partial charge in [0.05, 0.1) is 5.02 Å². The van der Waals surface area contributed by atoms with E-state index in [9.17, 15) is 4.39 Å². The molecular formula is C23H18ClFN6O. The van der Waals surface area contributed by atoms with Gasteiger partial charge in [-0.05, 0) is 42.0 Å². The standard InChI is InChI=1S/C23H18ClFN6O/c24-20-9-19(6-7-21(20)32-13-15-2-1-3-18(25)8-15)31-22-17(12-27-14-30-22)5-4-16-10-28-23(26)29-11-16/h1-12,14H,13H2,(H2,26,28,29)(H,27,30,31)/b5-4+. The van der Waals surface area contributed by atoms with E-state index in [2.05, 4.69) is 25.3 Å². The van der Waals surface area contributed by atoms with Gasteiger partial charge in [0.15, 0.2) is 0 Å². The largest absolute Gasteiger partial charge is 0.487 e. The monoisotopic (exact) mass is 448 g/mol. The van der Waals surface area contributed by atoms with Gasteiger partial charge in [0.1, 0.15) is 30.3 Å². The van der Waals surface area contributed by atoms with Crippen molar-refractivity contribution in [2.45, 2.75) is 6.61 Å². The summed E-state index contributed by atoms with van der Waals surface area (Å²) in [5, 5.41) is 3.64. The van der Waals surface area contributed by atoms with Gasteiger partial charge in [-0.1, -0.05) is 29.8 Å². The van der Waals surface area contributed by atoms with E-state index in [1.54, 1.807) is 42.9 Å². The van der Waals surface area contributed by atoms with Crippen LogP contribution < -0.4 is 15.8 Å². The highest BCUT2D eigenvalue weighted by Gasteiger charge is 2.07. The molecule has 0 amide bonds. The molecular weight excluding hydrogens is 431 g/mol. The Hall–Kier alpha value is -4.04. The quantitative estimate of drug-likeness (QED) is 0.404. The first-order chi connectivity index (χ1) is 15.6. The number of anilines is 3. The zero-order valence-electron chi connectivity index (χ0n) is 16.7. The fourth-order valence-corrected chi connectivity index (χ4v) is 3.04. The van der Waals surface area contributed by atoms with Gasteiger partial charge in [-0.3, -0.25) is 0 Å². The number of aromatic nitrogens is 4. The fraction of sp³-hybridized carbons (Fsp3) is 0.0435. The van der Waals surface area contributed by atoms with E-state index < -0.39 is 0 Å². The van der Waals surface area contributed by atoms with Crippen molar-refractivity contribution < 1.29 is 9.13 Å². The predicted molar refractivity (Wildman–Crippen MR) is 123 cm³/mol. The van der Waals surface area contributed by atoms with Crippen LogP contribution in [0.15, 0.2) is 67.4 Å². The summed E-state index contributed by atoms with van der Waals surface area (Å²) in [6, 6.07) is 11.5. The van der Waals surface area contributed by atoms with Crippen LogP contribution in [-0.4, -0.2) is 19.9 Å². The molecule has 3 N–H and O–H groups in total. The number of nitrogen functional groups attached to an aromatic ring is 1. The van der Waals surface area contributed by atoms with Crippen molar-refractivity contribution in [3.05, 3.63) is 94.9 Å². The summed E-state index contributed by atoms with van der Waals surface area (Å²) in [7, 11) is 0. The summed E-state index contributed by atoms with van der Waals surface area (Å²) < 4.78 is 19.0. The van der Waals surface area contributed by atoms with Gasteiger partial charge in [-0.2, -0.15) is 0 Å². The van der Waals surface area contributed by atoms with Crippen molar-refractivity contribution in [1.82, 2.24) is 19.9 Å². The number of halogens is 2. The molecule has 0 unspecified atom stereocenters. The number of rotatable bonds is 7. The molecule has 2 heterocycles. The smallest absolute Gasteiger partial charge is 0.219 e. The fourth-order valence-electron chi connectivity index (χ4n) is 2.81. The van der Waals surface area contributed by atoms with E-state index in [4.69, 9.17) is 22.1 Å². The van der Waals surface area contributed by atoms with Crippen molar-refractivity contribution in [3.8, 4) is 5.75 Å². The van der Waals surface area contributed by atoms with Gasteiger partial charge in [0, 0.05) is 35.4 Å². The molecule has 9 heteroatoms. The SMILES string of the molecule is Nc1ncc(/C=C/c2cncnc2Nc2ccc(OCc3cccc(F)c3)c(Cl)c2)cn1. The summed E-state index contributed by atoms with van der Waals surface area (Å²) in [4.78, 5) is 16.3. The zero-order valence-corrected chi connectivity index (χ0v) is 17.5. The highest BCUT2D eigenvalue weighted by molar-refractivity contribution is 6.32. The average Bonchev–Trinajstić information content (AvgIpc) is 2.79. The number of nitrogens with one attached hydrogen (secondary N) is 1. The maximum atomic E-state index is 13.3. The number of benzene rings is 2. The minimum absolute atomic E-state index is 0.208. The molecule has 32 heavy (non-hydrogen) atoms. The van der Waals surface area contributed by atoms with Crippen molar-refractivity contribution in [3.63, 3.8) is 0 Å². The van der Waals surface area contributed by atoms with Crippen molar-refractivity contribution in [2.75, 3.05) is 11.1 Å². The van der Waals surface area contributed by atoms with Crippen LogP contribution in [0, 0.1) is 5.82 Å². The highest BCUT2D eigenvalue weighted by Crippen LogP contribution is 2.30. The maximum Gasteiger partial charge on any atom is 0.219 e. The van der Waals surface area contributed by atoms with Gasteiger partial charge in [-0.15, -0.1) is 0 Å². The Morgan fingerprint density at radius 3 is 2.66 bits per heavy atom. The number of hydrogen-bond acceptors (Lipinski definition) is 7. The number of nitrogens with two attached hydrogens (primary N) is 1. The van der Waals surface area contributed by atoms with Crippen molar-refractivity contribution >= 4 is 41.2 Å². The molecule has 0 radical (unpaired) electrons. The number of hydrogen-bond donors (Lipinski definition) is 2. The molecule has 0 atom stereocenters. The lowest BCUT2D eigenvalue weighted by Crippen LogP contribution is -1.99.